The van der Waals surface area contributed by atoms with Crippen LogP contribution in [-0.2, 0) is 15.8 Å². The van der Waals surface area contributed by atoms with E-state index in [0.717, 1.165) is 0 Å². The Morgan fingerprint density at radius 3 is 2.31 bits per heavy atom. The lowest BCUT2D eigenvalue weighted by Gasteiger charge is -2.08. The van der Waals surface area contributed by atoms with Crippen LogP contribution in [0.5, 0.6) is 0 Å². The smallest absolute Gasteiger partial charge is 0.215 e. The first kappa shape index (κ1) is 13.7. The summed E-state index contributed by atoms with van der Waals surface area (Å²) in [4.78, 5) is 0. The lowest BCUT2D eigenvalue weighted by molar-refractivity contribution is 0.581. The largest absolute Gasteiger partial charge is 0.329 e. The molecule has 0 amide bonds. The van der Waals surface area contributed by atoms with Gasteiger partial charge in [0.25, 0.3) is 0 Å². The van der Waals surface area contributed by atoms with Crippen molar-refractivity contribution in [1.82, 2.24) is 4.72 Å². The van der Waals surface area contributed by atoms with Crippen LogP contribution in [0, 0.1) is 0 Å². The van der Waals surface area contributed by atoms with Gasteiger partial charge in [0.2, 0.25) is 10.0 Å². The second-order valence-electron chi connectivity index (χ2n) is 3.14. The quantitative estimate of drug-likeness (QED) is 0.857. The van der Waals surface area contributed by atoms with E-state index >= 15 is 0 Å². The van der Waals surface area contributed by atoms with E-state index in [4.69, 9.17) is 28.9 Å². The molecular formula is C9H12Cl2N2O2S. The topological polar surface area (TPSA) is 72.2 Å². The molecule has 0 bridgehead atoms. The van der Waals surface area contributed by atoms with Gasteiger partial charge in [-0.15, -0.1) is 0 Å². The molecule has 0 aromatic heterocycles. The van der Waals surface area contributed by atoms with Crippen molar-refractivity contribution in [2.75, 3.05) is 13.1 Å². The van der Waals surface area contributed by atoms with E-state index in [9.17, 15) is 8.42 Å². The molecule has 0 saturated carbocycles. The first-order chi connectivity index (χ1) is 7.46. The standard InChI is InChI=1S/C9H12Cl2N2O2S/c10-8-2-1-3-9(11)7(8)6-16(14,15)13-5-4-12/h1-3,13H,4-6,12H2. The summed E-state index contributed by atoms with van der Waals surface area (Å²) in [6.45, 7) is 0.444. The molecule has 3 N–H and O–H groups in total. The van der Waals surface area contributed by atoms with Crippen molar-refractivity contribution in [2.45, 2.75) is 5.75 Å². The van der Waals surface area contributed by atoms with Gasteiger partial charge in [0.05, 0.1) is 5.75 Å². The fourth-order valence-electron chi connectivity index (χ4n) is 1.13. The maximum absolute atomic E-state index is 11.6. The molecule has 16 heavy (non-hydrogen) atoms. The maximum atomic E-state index is 11.6. The second kappa shape index (κ2) is 5.84. The van der Waals surface area contributed by atoms with Gasteiger partial charge in [-0.25, -0.2) is 13.1 Å². The fourth-order valence-corrected chi connectivity index (χ4v) is 3.04. The number of sulfonamides is 1. The zero-order valence-electron chi connectivity index (χ0n) is 8.41. The number of hydrogen-bond donors (Lipinski definition) is 2. The molecule has 0 fully saturated rings. The van der Waals surface area contributed by atoms with E-state index in [1.54, 1.807) is 18.2 Å². The van der Waals surface area contributed by atoms with Gasteiger partial charge >= 0.3 is 0 Å². The van der Waals surface area contributed by atoms with Gasteiger partial charge in [0, 0.05) is 28.7 Å². The summed E-state index contributed by atoms with van der Waals surface area (Å²) in [5, 5.41) is 0.677. The minimum Gasteiger partial charge on any atom is -0.329 e. The maximum Gasteiger partial charge on any atom is 0.215 e. The van der Waals surface area contributed by atoms with Crippen LogP contribution < -0.4 is 10.5 Å². The van der Waals surface area contributed by atoms with E-state index in [0.29, 0.717) is 15.6 Å². The van der Waals surface area contributed by atoms with Crippen molar-refractivity contribution in [3.05, 3.63) is 33.8 Å². The van der Waals surface area contributed by atoms with Gasteiger partial charge in [0.1, 0.15) is 0 Å². The molecule has 0 aliphatic rings. The van der Waals surface area contributed by atoms with Crippen molar-refractivity contribution < 1.29 is 8.42 Å². The van der Waals surface area contributed by atoms with Gasteiger partial charge in [-0.3, -0.25) is 0 Å². The van der Waals surface area contributed by atoms with Gasteiger partial charge < -0.3 is 5.73 Å². The zero-order valence-corrected chi connectivity index (χ0v) is 10.7. The molecule has 0 saturated heterocycles. The van der Waals surface area contributed by atoms with E-state index in [2.05, 4.69) is 4.72 Å². The summed E-state index contributed by atoms with van der Waals surface area (Å²) in [5.41, 5.74) is 5.61. The van der Waals surface area contributed by atoms with E-state index in [1.807, 2.05) is 0 Å². The highest BCUT2D eigenvalue weighted by Gasteiger charge is 2.15. The average molecular weight is 283 g/mol. The SMILES string of the molecule is NCCNS(=O)(=O)Cc1c(Cl)cccc1Cl. The summed E-state index contributed by atoms with van der Waals surface area (Å²) in [7, 11) is -3.44. The molecule has 1 aromatic carbocycles. The third-order valence-electron chi connectivity index (χ3n) is 1.86. The van der Waals surface area contributed by atoms with Crippen molar-refractivity contribution in [3.63, 3.8) is 0 Å². The number of rotatable bonds is 5. The van der Waals surface area contributed by atoms with Gasteiger partial charge in [-0.2, -0.15) is 0 Å². The Bertz CT molecular complexity index is 442. The van der Waals surface area contributed by atoms with Crippen LogP contribution in [0.25, 0.3) is 0 Å². The zero-order chi connectivity index (χ0) is 12.2. The fraction of sp³-hybridized carbons (Fsp3) is 0.333. The molecular weight excluding hydrogens is 271 g/mol. The molecule has 0 unspecified atom stereocenters. The van der Waals surface area contributed by atoms with Crippen molar-refractivity contribution in [3.8, 4) is 0 Å². The lowest BCUT2D eigenvalue weighted by Crippen LogP contribution is -2.30. The molecule has 0 aliphatic carbocycles. The van der Waals surface area contributed by atoms with Crippen LogP contribution in [-0.4, -0.2) is 21.5 Å². The first-order valence-corrected chi connectivity index (χ1v) is 6.97. The van der Waals surface area contributed by atoms with Crippen LogP contribution in [0.15, 0.2) is 18.2 Å². The molecule has 90 valence electrons. The number of halogens is 2. The number of benzene rings is 1. The Hall–Kier alpha value is -0.330. The van der Waals surface area contributed by atoms with E-state index < -0.39 is 10.0 Å². The minimum atomic E-state index is -3.44. The molecule has 4 nitrogen and oxygen atoms in total. The molecule has 0 atom stereocenters. The predicted octanol–water partition coefficient (Wildman–Crippen LogP) is 1.37. The Morgan fingerprint density at radius 2 is 1.81 bits per heavy atom. The highest BCUT2D eigenvalue weighted by molar-refractivity contribution is 7.88. The Balaban J connectivity index is 2.88. The second-order valence-corrected chi connectivity index (χ2v) is 5.76. The Kier molecular flexibility index (Phi) is 5.01. The summed E-state index contributed by atoms with van der Waals surface area (Å²) in [6.07, 6.45) is 0. The molecule has 7 heteroatoms. The van der Waals surface area contributed by atoms with Crippen LogP contribution in [0.1, 0.15) is 5.56 Å². The van der Waals surface area contributed by atoms with Crippen LogP contribution in [0.3, 0.4) is 0 Å². The third kappa shape index (κ3) is 3.92. The van der Waals surface area contributed by atoms with Crippen LogP contribution in [0.2, 0.25) is 10.0 Å². The highest BCUT2D eigenvalue weighted by Crippen LogP contribution is 2.25. The average Bonchev–Trinajstić information content (AvgIpc) is 2.21. The molecule has 0 spiro atoms. The lowest BCUT2D eigenvalue weighted by atomic mass is 10.2. The predicted molar refractivity (Wildman–Crippen MR) is 66.1 cm³/mol. The third-order valence-corrected chi connectivity index (χ3v) is 3.88. The Labute approximate surface area is 105 Å². The number of nitrogens with one attached hydrogen (secondary N) is 1. The van der Waals surface area contributed by atoms with Gasteiger partial charge in [-0.1, -0.05) is 29.3 Å². The van der Waals surface area contributed by atoms with Crippen molar-refractivity contribution >= 4 is 33.2 Å². The van der Waals surface area contributed by atoms with Gasteiger partial charge in [-0.05, 0) is 12.1 Å². The minimum absolute atomic E-state index is 0.199. The first-order valence-electron chi connectivity index (χ1n) is 4.56. The molecule has 0 radical (unpaired) electrons. The van der Waals surface area contributed by atoms with Crippen molar-refractivity contribution in [1.29, 1.82) is 0 Å². The number of hydrogen-bond acceptors (Lipinski definition) is 3. The van der Waals surface area contributed by atoms with E-state index in [1.165, 1.54) is 0 Å². The summed E-state index contributed by atoms with van der Waals surface area (Å²) in [6, 6.07) is 4.86. The van der Waals surface area contributed by atoms with Crippen LogP contribution >= 0.6 is 23.2 Å². The van der Waals surface area contributed by atoms with E-state index in [-0.39, 0.29) is 18.8 Å². The summed E-state index contributed by atoms with van der Waals surface area (Å²) >= 11 is 11.7. The molecule has 1 aromatic rings. The van der Waals surface area contributed by atoms with Gasteiger partial charge in [0.15, 0.2) is 0 Å². The molecule has 0 heterocycles. The Morgan fingerprint density at radius 1 is 1.25 bits per heavy atom. The molecule has 0 aliphatic heterocycles. The monoisotopic (exact) mass is 282 g/mol. The normalized spacial score (nSPS) is 11.7. The van der Waals surface area contributed by atoms with Crippen molar-refractivity contribution in [2.24, 2.45) is 5.73 Å². The highest BCUT2D eigenvalue weighted by atomic mass is 35.5. The molecule has 1 rings (SSSR count). The summed E-state index contributed by atoms with van der Waals surface area (Å²) < 4.78 is 25.5. The van der Waals surface area contributed by atoms with Crippen LogP contribution in [0.4, 0.5) is 0 Å². The number of nitrogens with two attached hydrogens (primary N) is 1. The summed E-state index contributed by atoms with van der Waals surface area (Å²) in [5.74, 6) is -0.245.